The molecule has 0 saturated carbocycles. The Kier molecular flexibility index (Phi) is 3.15. The highest BCUT2D eigenvalue weighted by Gasteiger charge is 1.96. The summed E-state index contributed by atoms with van der Waals surface area (Å²) in [5.41, 5.74) is 3.48. The van der Waals surface area contributed by atoms with E-state index in [4.69, 9.17) is 0 Å². The number of aromatic nitrogens is 2. The second-order valence-electron chi connectivity index (χ2n) is 3.86. The van der Waals surface area contributed by atoms with Gasteiger partial charge in [0.2, 0.25) is 5.95 Å². The van der Waals surface area contributed by atoms with Crippen LogP contribution in [0.1, 0.15) is 16.8 Å². The second kappa shape index (κ2) is 4.75. The van der Waals surface area contributed by atoms with Crippen LogP contribution in [0.5, 0.6) is 0 Å². The minimum Gasteiger partial charge on any atom is -0.350 e. The van der Waals surface area contributed by atoms with E-state index in [9.17, 15) is 0 Å². The molecule has 2 rings (SSSR count). The van der Waals surface area contributed by atoms with Crippen molar-refractivity contribution >= 4 is 5.95 Å². The van der Waals surface area contributed by atoms with Gasteiger partial charge >= 0.3 is 0 Å². The highest BCUT2D eigenvalue weighted by molar-refractivity contribution is 5.29. The van der Waals surface area contributed by atoms with Crippen molar-refractivity contribution in [2.45, 2.75) is 20.4 Å². The highest BCUT2D eigenvalue weighted by atomic mass is 15.1. The summed E-state index contributed by atoms with van der Waals surface area (Å²) in [7, 11) is 0. The van der Waals surface area contributed by atoms with Crippen molar-refractivity contribution in [2.75, 3.05) is 5.32 Å². The van der Waals surface area contributed by atoms with E-state index in [-0.39, 0.29) is 0 Å². The molecule has 1 heterocycles. The molecule has 0 unspecified atom stereocenters. The first-order valence-corrected chi connectivity index (χ1v) is 5.33. The lowest BCUT2D eigenvalue weighted by Gasteiger charge is -2.05. The molecule has 1 aromatic carbocycles. The lowest BCUT2D eigenvalue weighted by atomic mass is 10.1. The standard InChI is InChI=1S/C13H15N3/c1-10-3-5-12(6-4-10)9-15-13-14-8-7-11(2)16-13/h3-8H,9H2,1-2H3,(H,14,15,16). The van der Waals surface area contributed by atoms with Crippen LogP contribution in [0.4, 0.5) is 5.95 Å². The number of aryl methyl sites for hydroxylation is 2. The molecule has 0 aliphatic heterocycles. The SMILES string of the molecule is Cc1ccc(CNc2nccc(C)n2)cc1. The number of benzene rings is 1. The lowest BCUT2D eigenvalue weighted by Crippen LogP contribution is -2.03. The van der Waals surface area contributed by atoms with Gasteiger partial charge in [0, 0.05) is 18.4 Å². The number of anilines is 1. The molecule has 2 aromatic rings. The van der Waals surface area contributed by atoms with Crippen molar-refractivity contribution in [3.05, 3.63) is 53.3 Å². The minimum atomic E-state index is 0.681. The summed E-state index contributed by atoms with van der Waals surface area (Å²) < 4.78 is 0. The summed E-state index contributed by atoms with van der Waals surface area (Å²) in [6.45, 7) is 4.79. The molecule has 0 amide bonds. The van der Waals surface area contributed by atoms with Crippen molar-refractivity contribution < 1.29 is 0 Å². The molecular formula is C13H15N3. The van der Waals surface area contributed by atoms with E-state index < -0.39 is 0 Å². The maximum absolute atomic E-state index is 4.28. The van der Waals surface area contributed by atoms with Crippen LogP contribution in [-0.2, 0) is 6.54 Å². The molecule has 1 aromatic heterocycles. The molecule has 82 valence electrons. The third-order valence-electron chi connectivity index (χ3n) is 2.37. The maximum atomic E-state index is 4.28. The fraction of sp³-hybridized carbons (Fsp3) is 0.231. The summed E-state index contributed by atoms with van der Waals surface area (Å²) >= 11 is 0. The van der Waals surface area contributed by atoms with Crippen molar-refractivity contribution in [2.24, 2.45) is 0 Å². The highest BCUT2D eigenvalue weighted by Crippen LogP contribution is 2.06. The molecule has 3 nitrogen and oxygen atoms in total. The van der Waals surface area contributed by atoms with Crippen LogP contribution in [0.15, 0.2) is 36.5 Å². The summed E-state index contributed by atoms with van der Waals surface area (Å²) in [6, 6.07) is 10.3. The Morgan fingerprint density at radius 1 is 1.06 bits per heavy atom. The second-order valence-corrected chi connectivity index (χ2v) is 3.86. The van der Waals surface area contributed by atoms with Crippen molar-refractivity contribution in [3.8, 4) is 0 Å². The van der Waals surface area contributed by atoms with E-state index in [2.05, 4.69) is 46.5 Å². The van der Waals surface area contributed by atoms with E-state index in [1.165, 1.54) is 11.1 Å². The number of rotatable bonds is 3. The quantitative estimate of drug-likeness (QED) is 0.851. The fourth-order valence-electron chi connectivity index (χ4n) is 1.42. The Morgan fingerprint density at radius 3 is 2.50 bits per heavy atom. The first kappa shape index (κ1) is 10.6. The van der Waals surface area contributed by atoms with Crippen molar-refractivity contribution in [3.63, 3.8) is 0 Å². The smallest absolute Gasteiger partial charge is 0.223 e. The van der Waals surface area contributed by atoms with Crippen LogP contribution >= 0.6 is 0 Å². The molecule has 0 aliphatic rings. The molecular weight excluding hydrogens is 198 g/mol. The van der Waals surface area contributed by atoms with E-state index in [1.54, 1.807) is 6.20 Å². The molecule has 0 fully saturated rings. The molecule has 0 bridgehead atoms. The van der Waals surface area contributed by atoms with Crippen LogP contribution in [-0.4, -0.2) is 9.97 Å². The van der Waals surface area contributed by atoms with Gasteiger partial charge in [-0.2, -0.15) is 0 Å². The van der Waals surface area contributed by atoms with E-state index in [1.807, 2.05) is 13.0 Å². The number of nitrogens with one attached hydrogen (secondary N) is 1. The van der Waals surface area contributed by atoms with Crippen LogP contribution < -0.4 is 5.32 Å². The van der Waals surface area contributed by atoms with Crippen LogP contribution in [0.3, 0.4) is 0 Å². The predicted molar refractivity (Wildman–Crippen MR) is 65.3 cm³/mol. The zero-order valence-electron chi connectivity index (χ0n) is 9.57. The lowest BCUT2D eigenvalue weighted by molar-refractivity contribution is 1.03. The van der Waals surface area contributed by atoms with Crippen LogP contribution in [0, 0.1) is 13.8 Å². The first-order valence-electron chi connectivity index (χ1n) is 5.33. The first-order chi connectivity index (χ1) is 7.74. The van der Waals surface area contributed by atoms with Gasteiger partial charge in [0.05, 0.1) is 0 Å². The maximum Gasteiger partial charge on any atom is 0.223 e. The molecule has 16 heavy (non-hydrogen) atoms. The van der Waals surface area contributed by atoms with Crippen LogP contribution in [0.2, 0.25) is 0 Å². The van der Waals surface area contributed by atoms with Gasteiger partial charge in [-0.05, 0) is 25.5 Å². The Balaban J connectivity index is 1.99. The molecule has 0 saturated heterocycles. The average Bonchev–Trinajstić information content (AvgIpc) is 2.28. The summed E-state index contributed by atoms with van der Waals surface area (Å²) in [5, 5.41) is 3.20. The Labute approximate surface area is 95.6 Å². The van der Waals surface area contributed by atoms with Gasteiger partial charge in [-0.15, -0.1) is 0 Å². The summed E-state index contributed by atoms with van der Waals surface area (Å²) in [4.78, 5) is 8.43. The number of hydrogen-bond donors (Lipinski definition) is 1. The zero-order valence-corrected chi connectivity index (χ0v) is 9.57. The van der Waals surface area contributed by atoms with Gasteiger partial charge in [-0.1, -0.05) is 29.8 Å². The zero-order chi connectivity index (χ0) is 11.4. The van der Waals surface area contributed by atoms with Gasteiger partial charge in [0.1, 0.15) is 0 Å². The normalized spacial score (nSPS) is 10.1. The summed E-state index contributed by atoms with van der Waals surface area (Å²) in [6.07, 6.45) is 1.76. The molecule has 0 atom stereocenters. The topological polar surface area (TPSA) is 37.8 Å². The third-order valence-corrected chi connectivity index (χ3v) is 2.37. The minimum absolute atomic E-state index is 0.681. The molecule has 0 aliphatic carbocycles. The number of nitrogens with zero attached hydrogens (tertiary/aromatic N) is 2. The fourth-order valence-corrected chi connectivity index (χ4v) is 1.42. The Hall–Kier alpha value is -1.90. The van der Waals surface area contributed by atoms with Crippen molar-refractivity contribution in [1.82, 2.24) is 9.97 Å². The number of hydrogen-bond acceptors (Lipinski definition) is 3. The third kappa shape index (κ3) is 2.79. The van der Waals surface area contributed by atoms with Crippen LogP contribution in [0.25, 0.3) is 0 Å². The van der Waals surface area contributed by atoms with E-state index in [0.29, 0.717) is 5.95 Å². The van der Waals surface area contributed by atoms with Crippen molar-refractivity contribution in [1.29, 1.82) is 0 Å². The average molecular weight is 213 g/mol. The Bertz CT molecular complexity index is 463. The predicted octanol–water partition coefficient (Wildman–Crippen LogP) is 2.71. The molecule has 3 heteroatoms. The van der Waals surface area contributed by atoms with Gasteiger partial charge < -0.3 is 5.32 Å². The molecule has 0 radical (unpaired) electrons. The Morgan fingerprint density at radius 2 is 1.81 bits per heavy atom. The summed E-state index contributed by atoms with van der Waals surface area (Å²) in [5.74, 6) is 0.681. The largest absolute Gasteiger partial charge is 0.350 e. The van der Waals surface area contributed by atoms with Gasteiger partial charge in [0.15, 0.2) is 0 Å². The molecule has 0 spiro atoms. The monoisotopic (exact) mass is 213 g/mol. The van der Waals surface area contributed by atoms with E-state index >= 15 is 0 Å². The van der Waals surface area contributed by atoms with Gasteiger partial charge in [-0.3, -0.25) is 0 Å². The van der Waals surface area contributed by atoms with E-state index in [0.717, 1.165) is 12.2 Å². The van der Waals surface area contributed by atoms with Gasteiger partial charge in [0.25, 0.3) is 0 Å². The van der Waals surface area contributed by atoms with Gasteiger partial charge in [-0.25, -0.2) is 9.97 Å². The molecule has 1 N–H and O–H groups in total.